The van der Waals surface area contributed by atoms with Gasteiger partial charge in [-0.1, -0.05) is 12.1 Å². The highest BCUT2D eigenvalue weighted by Crippen LogP contribution is 2.24. The van der Waals surface area contributed by atoms with Crippen LogP contribution >= 0.6 is 11.9 Å². The Balaban J connectivity index is 2.13. The van der Waals surface area contributed by atoms with Crippen LogP contribution in [0.5, 0.6) is 0 Å². The Kier molecular flexibility index (Phi) is 4.54. The number of carbonyl (C=O) groups excluding carboxylic acids is 1. The highest BCUT2D eigenvalue weighted by molar-refractivity contribution is 8.00. The summed E-state index contributed by atoms with van der Waals surface area (Å²) in [5.74, 6) is -3.96. The molecule has 0 bridgehead atoms. The van der Waals surface area contributed by atoms with Gasteiger partial charge in [0.25, 0.3) is 0 Å². The highest BCUT2D eigenvalue weighted by Gasteiger charge is 2.17. The molecule has 2 aromatic carbocycles. The second-order valence-corrected chi connectivity index (χ2v) is 4.89. The number of hydrogen-bond acceptors (Lipinski definition) is 4. The molecule has 0 aromatic heterocycles. The summed E-state index contributed by atoms with van der Waals surface area (Å²) in [5.41, 5.74) is -0.373. The summed E-state index contributed by atoms with van der Waals surface area (Å²) in [4.78, 5) is 21.9. The molecule has 21 heavy (non-hydrogen) atoms. The molecular weight excluding hydrogens is 300 g/mol. The smallest absolute Gasteiger partial charge is 0.341 e. The van der Waals surface area contributed by atoms with E-state index in [1.165, 1.54) is 0 Å². The van der Waals surface area contributed by atoms with Gasteiger partial charge in [0.05, 0.1) is 5.69 Å². The number of carboxylic acids is 1. The van der Waals surface area contributed by atoms with Crippen molar-refractivity contribution in [2.75, 3.05) is 4.72 Å². The van der Waals surface area contributed by atoms with E-state index < -0.39 is 23.2 Å². The fraction of sp³-hybridized carbons (Fsp3) is 0. The lowest BCUT2D eigenvalue weighted by Crippen LogP contribution is -2.05. The second-order valence-electron chi connectivity index (χ2n) is 4.01. The van der Waals surface area contributed by atoms with Crippen LogP contribution in [0.25, 0.3) is 0 Å². The molecule has 0 aliphatic carbocycles. The molecule has 0 aliphatic heterocycles. The van der Waals surface area contributed by atoms with Gasteiger partial charge < -0.3 is 9.83 Å². The summed E-state index contributed by atoms with van der Waals surface area (Å²) >= 11 is 1.08. The first-order valence-electron chi connectivity index (χ1n) is 5.71. The predicted molar refractivity (Wildman–Crippen MR) is 74.6 cm³/mol. The van der Waals surface area contributed by atoms with Gasteiger partial charge in [-0.2, -0.15) is 0 Å². The molecule has 0 aliphatic rings. The molecule has 7 heteroatoms. The Morgan fingerprint density at radius 3 is 2.19 bits per heavy atom. The Hall–Kier alpha value is -2.41. The van der Waals surface area contributed by atoms with Crippen molar-refractivity contribution in [1.82, 2.24) is 0 Å². The minimum atomic E-state index is -1.66. The second kappa shape index (κ2) is 6.36. The van der Waals surface area contributed by atoms with E-state index in [-0.39, 0.29) is 5.69 Å². The topological polar surface area (TPSA) is 66.4 Å². The van der Waals surface area contributed by atoms with Crippen LogP contribution in [0.2, 0.25) is 0 Å². The van der Waals surface area contributed by atoms with Crippen molar-refractivity contribution in [3.05, 3.63) is 59.2 Å². The van der Waals surface area contributed by atoms with Gasteiger partial charge in [0.2, 0.25) is 0 Å². The summed E-state index contributed by atoms with van der Waals surface area (Å²) in [6.45, 7) is 0. The van der Waals surface area contributed by atoms with E-state index in [1.807, 2.05) is 0 Å². The molecule has 0 heterocycles. The van der Waals surface area contributed by atoms with Crippen LogP contribution in [0.3, 0.4) is 0 Å². The van der Waals surface area contributed by atoms with Gasteiger partial charge in [-0.05, 0) is 36.2 Å². The van der Waals surface area contributed by atoms with Gasteiger partial charge in [-0.3, -0.25) is 4.79 Å². The van der Waals surface area contributed by atoms with E-state index in [1.54, 1.807) is 24.3 Å². The van der Waals surface area contributed by atoms with Crippen LogP contribution in [0.15, 0.2) is 41.3 Å². The van der Waals surface area contributed by atoms with Crippen LogP contribution in [0.4, 0.5) is 14.5 Å². The Morgan fingerprint density at radius 1 is 1.14 bits per heavy atom. The number of nitrogens with one attached hydrogen (secondary N) is 1. The van der Waals surface area contributed by atoms with Crippen molar-refractivity contribution < 1.29 is 23.5 Å². The van der Waals surface area contributed by atoms with Gasteiger partial charge in [0, 0.05) is 10.5 Å². The van der Waals surface area contributed by atoms with Crippen LogP contribution in [0, 0.1) is 11.6 Å². The molecule has 0 amide bonds. The van der Waals surface area contributed by atoms with Crippen molar-refractivity contribution in [2.45, 2.75) is 4.90 Å². The van der Waals surface area contributed by atoms with Gasteiger partial charge in [-0.25, -0.2) is 13.6 Å². The van der Waals surface area contributed by atoms with Crippen LogP contribution in [-0.2, 0) is 0 Å². The molecule has 0 saturated carbocycles. The minimum Gasteiger partial charge on any atom is -0.477 e. The van der Waals surface area contributed by atoms with Gasteiger partial charge in [0.15, 0.2) is 0 Å². The normalized spacial score (nSPS) is 10.2. The summed E-state index contributed by atoms with van der Waals surface area (Å²) in [7, 11) is 0. The molecule has 2 N–H and O–H groups in total. The maximum absolute atomic E-state index is 13.5. The van der Waals surface area contributed by atoms with E-state index in [2.05, 4.69) is 4.72 Å². The molecule has 0 fully saturated rings. The fourth-order valence-electron chi connectivity index (χ4n) is 1.57. The van der Waals surface area contributed by atoms with Gasteiger partial charge in [0.1, 0.15) is 23.5 Å². The van der Waals surface area contributed by atoms with E-state index in [4.69, 9.17) is 5.11 Å². The highest BCUT2D eigenvalue weighted by atomic mass is 32.2. The third-order valence-electron chi connectivity index (χ3n) is 2.56. The molecule has 4 nitrogen and oxygen atoms in total. The molecule has 0 saturated heterocycles. The Morgan fingerprint density at radius 2 is 1.71 bits per heavy atom. The molecule has 0 unspecified atom stereocenters. The number of carboxylic acid groups (broad SMARTS) is 1. The molecular formula is C14H9F2NO3S. The average Bonchev–Trinajstić information content (AvgIpc) is 2.44. The molecule has 2 aromatic rings. The minimum absolute atomic E-state index is 0.0967. The maximum Gasteiger partial charge on any atom is 0.341 e. The number of halogens is 2. The van der Waals surface area contributed by atoms with Crippen molar-refractivity contribution in [3.63, 3.8) is 0 Å². The summed E-state index contributed by atoms with van der Waals surface area (Å²) < 4.78 is 29.7. The largest absolute Gasteiger partial charge is 0.477 e. The average molecular weight is 309 g/mol. The van der Waals surface area contributed by atoms with E-state index in [0.29, 0.717) is 11.8 Å². The van der Waals surface area contributed by atoms with Crippen molar-refractivity contribution >= 4 is 29.9 Å². The Labute approximate surface area is 122 Å². The number of rotatable bonds is 5. The number of aromatic carboxylic acids is 1. The third-order valence-corrected chi connectivity index (χ3v) is 3.40. The Bertz CT molecular complexity index is 666. The standard InChI is InChI=1S/C14H9F2NO3S/c15-11-5-9(6-12(16)13(11)14(19)20)17-21-10-3-1-8(7-18)2-4-10/h1-7,17H,(H,19,20). The van der Waals surface area contributed by atoms with Gasteiger partial charge >= 0.3 is 5.97 Å². The number of anilines is 1. The predicted octanol–water partition coefficient (Wildman–Crippen LogP) is 3.59. The quantitative estimate of drug-likeness (QED) is 0.652. The maximum atomic E-state index is 13.5. The molecule has 2 rings (SSSR count). The first-order valence-corrected chi connectivity index (χ1v) is 6.53. The number of hydrogen-bond donors (Lipinski definition) is 2. The van der Waals surface area contributed by atoms with E-state index in [9.17, 15) is 18.4 Å². The lowest BCUT2D eigenvalue weighted by molar-refractivity contribution is 0.0686. The lowest BCUT2D eigenvalue weighted by Gasteiger charge is -2.07. The first kappa shape index (κ1) is 15.0. The van der Waals surface area contributed by atoms with Crippen LogP contribution in [-0.4, -0.2) is 17.4 Å². The van der Waals surface area contributed by atoms with E-state index >= 15 is 0 Å². The first-order chi connectivity index (χ1) is 10.0. The zero-order valence-corrected chi connectivity index (χ0v) is 11.3. The lowest BCUT2D eigenvalue weighted by atomic mass is 10.2. The van der Waals surface area contributed by atoms with Crippen molar-refractivity contribution in [2.24, 2.45) is 0 Å². The summed E-state index contributed by atoms with van der Waals surface area (Å²) in [5, 5.41) is 8.66. The van der Waals surface area contributed by atoms with Gasteiger partial charge in [-0.15, -0.1) is 0 Å². The number of carbonyl (C=O) groups is 2. The summed E-state index contributed by atoms with van der Waals surface area (Å²) in [6, 6.07) is 8.34. The monoisotopic (exact) mass is 309 g/mol. The van der Waals surface area contributed by atoms with Crippen LogP contribution < -0.4 is 4.72 Å². The summed E-state index contributed by atoms with van der Waals surface area (Å²) in [6.07, 6.45) is 0.706. The third kappa shape index (κ3) is 3.57. The molecule has 0 radical (unpaired) electrons. The number of aldehydes is 1. The molecule has 108 valence electrons. The van der Waals surface area contributed by atoms with Crippen molar-refractivity contribution in [1.29, 1.82) is 0 Å². The van der Waals surface area contributed by atoms with Crippen LogP contribution in [0.1, 0.15) is 20.7 Å². The van der Waals surface area contributed by atoms with E-state index in [0.717, 1.165) is 29.0 Å². The molecule has 0 atom stereocenters. The number of benzene rings is 2. The fourth-order valence-corrected chi connectivity index (χ4v) is 2.19. The SMILES string of the molecule is O=Cc1ccc(SNc2cc(F)c(C(=O)O)c(F)c2)cc1. The zero-order valence-electron chi connectivity index (χ0n) is 10.5. The zero-order chi connectivity index (χ0) is 15.4. The van der Waals surface area contributed by atoms with Crippen molar-refractivity contribution in [3.8, 4) is 0 Å². The molecule has 0 spiro atoms.